The van der Waals surface area contributed by atoms with Crippen molar-refractivity contribution in [2.24, 2.45) is 5.92 Å². The zero-order valence-corrected chi connectivity index (χ0v) is 17.3. The fourth-order valence-corrected chi connectivity index (χ4v) is 4.61. The van der Waals surface area contributed by atoms with Crippen LogP contribution in [0.1, 0.15) is 28.8 Å². The van der Waals surface area contributed by atoms with Crippen LogP contribution < -0.4 is 15.6 Å². The van der Waals surface area contributed by atoms with Crippen molar-refractivity contribution in [2.75, 3.05) is 27.4 Å². The minimum atomic E-state index is -0.448. The lowest BCUT2D eigenvalue weighted by atomic mass is 9.82. The van der Waals surface area contributed by atoms with Crippen molar-refractivity contribution in [3.63, 3.8) is 0 Å². The molecule has 4 unspecified atom stereocenters. The summed E-state index contributed by atoms with van der Waals surface area (Å²) < 4.78 is 10.5. The Balaban J connectivity index is 1.80. The molecule has 2 heterocycles. The number of aromatic hydroxyl groups is 2. The van der Waals surface area contributed by atoms with Gasteiger partial charge in [0.2, 0.25) is 5.91 Å². The van der Waals surface area contributed by atoms with Crippen molar-refractivity contribution in [3.05, 3.63) is 53.1 Å². The number of methoxy groups -OCH3 is 2. The van der Waals surface area contributed by atoms with Crippen molar-refractivity contribution in [2.45, 2.75) is 25.0 Å². The molecular weight excluding hydrogens is 386 g/mol. The molecule has 0 saturated carbocycles. The number of nitrogens with one attached hydrogen (secondary N) is 2. The molecule has 160 valence electrons. The van der Waals surface area contributed by atoms with E-state index in [1.54, 1.807) is 30.2 Å². The van der Waals surface area contributed by atoms with E-state index in [0.717, 1.165) is 16.7 Å². The molecule has 2 fully saturated rings. The molecule has 2 aromatic carbocycles. The summed E-state index contributed by atoms with van der Waals surface area (Å²) in [6, 6.07) is 9.60. The summed E-state index contributed by atoms with van der Waals surface area (Å²) in [5.74, 6) is 0.364. The first-order chi connectivity index (χ1) is 14.5. The van der Waals surface area contributed by atoms with Crippen LogP contribution in [-0.2, 0) is 9.53 Å². The van der Waals surface area contributed by atoms with Gasteiger partial charge in [0.15, 0.2) is 11.5 Å². The highest BCUT2D eigenvalue weighted by Gasteiger charge is 2.55. The maximum atomic E-state index is 13.3. The molecule has 4 atom stereocenters. The van der Waals surface area contributed by atoms with Crippen LogP contribution >= 0.6 is 0 Å². The third-order valence-electron chi connectivity index (χ3n) is 6.01. The monoisotopic (exact) mass is 413 g/mol. The van der Waals surface area contributed by atoms with Gasteiger partial charge in [-0.3, -0.25) is 4.79 Å². The summed E-state index contributed by atoms with van der Waals surface area (Å²) in [6.45, 7) is 2.81. The summed E-state index contributed by atoms with van der Waals surface area (Å²) in [5.41, 5.74) is 8.97. The molecule has 4 N–H and O–H groups in total. The van der Waals surface area contributed by atoms with E-state index in [1.807, 2.05) is 25.1 Å². The Morgan fingerprint density at radius 2 is 1.77 bits per heavy atom. The number of likely N-dealkylation sites (tertiary alicyclic amines) is 1. The molecule has 30 heavy (non-hydrogen) atoms. The van der Waals surface area contributed by atoms with Crippen LogP contribution in [0.3, 0.4) is 0 Å². The van der Waals surface area contributed by atoms with E-state index < -0.39 is 6.04 Å². The number of aryl methyl sites for hydroxylation is 1. The van der Waals surface area contributed by atoms with Gasteiger partial charge in [0.25, 0.3) is 0 Å². The lowest BCUT2D eigenvalue weighted by Gasteiger charge is -2.31. The number of rotatable bonds is 6. The number of fused-ring (bicyclic) bond motifs is 1. The van der Waals surface area contributed by atoms with E-state index >= 15 is 0 Å². The van der Waals surface area contributed by atoms with Crippen molar-refractivity contribution >= 4 is 5.91 Å². The average Bonchev–Trinajstić information content (AvgIpc) is 3.28. The number of carbonyl (C=O) groups excluding carboxylic acids is 1. The van der Waals surface area contributed by atoms with Crippen LogP contribution in [0.5, 0.6) is 17.2 Å². The van der Waals surface area contributed by atoms with E-state index in [-0.39, 0.29) is 35.4 Å². The maximum absolute atomic E-state index is 13.3. The molecule has 1 amide bonds. The van der Waals surface area contributed by atoms with E-state index in [1.165, 1.54) is 7.11 Å². The predicted molar refractivity (Wildman–Crippen MR) is 110 cm³/mol. The molecule has 8 heteroatoms. The smallest absolute Gasteiger partial charge is 0.242 e. The quantitative estimate of drug-likeness (QED) is 0.572. The zero-order chi connectivity index (χ0) is 21.4. The molecule has 4 rings (SSSR count). The number of nitrogens with zero attached hydrogens (tertiary/aromatic N) is 1. The Morgan fingerprint density at radius 1 is 1.03 bits per heavy atom. The van der Waals surface area contributed by atoms with Crippen LogP contribution in [0.2, 0.25) is 0 Å². The van der Waals surface area contributed by atoms with E-state index in [4.69, 9.17) is 9.47 Å². The van der Waals surface area contributed by atoms with Crippen molar-refractivity contribution in [1.82, 2.24) is 15.8 Å². The van der Waals surface area contributed by atoms with Gasteiger partial charge < -0.3 is 24.6 Å². The number of benzene rings is 2. The average molecular weight is 413 g/mol. The minimum absolute atomic E-state index is 0.0313. The highest BCUT2D eigenvalue weighted by Crippen LogP contribution is 2.49. The number of hydrogen-bond acceptors (Lipinski definition) is 7. The van der Waals surface area contributed by atoms with Gasteiger partial charge in [-0.25, -0.2) is 10.9 Å². The van der Waals surface area contributed by atoms with E-state index in [9.17, 15) is 15.0 Å². The molecule has 0 aliphatic carbocycles. The second-order valence-corrected chi connectivity index (χ2v) is 7.78. The third kappa shape index (κ3) is 3.36. The van der Waals surface area contributed by atoms with Crippen LogP contribution in [-0.4, -0.2) is 54.4 Å². The molecule has 0 radical (unpaired) electrons. The Hall–Kier alpha value is -2.81. The molecule has 2 aromatic rings. The fraction of sp³-hybridized carbons (Fsp3) is 0.409. The standard InChI is InChI=1S/C22H27N3O5/c1-12-4-6-15(26)14(10-12)19-18-20(24-23-19)22(28)25(8-9-29-2)21(18)13-5-7-16(27)17(11-13)30-3/h4-7,10-11,18-21,23-24,26-27H,8-9H2,1-3H3. The van der Waals surface area contributed by atoms with Gasteiger partial charge in [-0.05, 0) is 30.7 Å². The predicted octanol–water partition coefficient (Wildman–Crippen LogP) is 1.78. The Morgan fingerprint density at radius 3 is 2.50 bits per heavy atom. The van der Waals surface area contributed by atoms with Crippen LogP contribution in [0.4, 0.5) is 0 Å². The number of ether oxygens (including phenoxy) is 2. The lowest BCUT2D eigenvalue weighted by Crippen LogP contribution is -2.42. The van der Waals surface area contributed by atoms with Crippen molar-refractivity contribution < 1.29 is 24.5 Å². The summed E-state index contributed by atoms with van der Waals surface area (Å²) in [6.07, 6.45) is 0. The molecule has 8 nitrogen and oxygen atoms in total. The van der Waals surface area contributed by atoms with Crippen LogP contribution in [0, 0.1) is 12.8 Å². The summed E-state index contributed by atoms with van der Waals surface area (Å²) >= 11 is 0. The van der Waals surface area contributed by atoms with Gasteiger partial charge >= 0.3 is 0 Å². The fourth-order valence-electron chi connectivity index (χ4n) is 4.61. The van der Waals surface area contributed by atoms with Crippen LogP contribution in [0.15, 0.2) is 36.4 Å². The Labute approximate surface area is 175 Å². The highest BCUT2D eigenvalue weighted by atomic mass is 16.5. The van der Waals surface area contributed by atoms with Gasteiger partial charge in [-0.1, -0.05) is 23.8 Å². The first kappa shape index (κ1) is 20.5. The number of carbonyl (C=O) groups is 1. The zero-order valence-electron chi connectivity index (χ0n) is 17.3. The largest absolute Gasteiger partial charge is 0.508 e. The highest BCUT2D eigenvalue weighted by molar-refractivity contribution is 5.86. The number of hydrazine groups is 1. The number of amides is 1. The first-order valence-electron chi connectivity index (χ1n) is 9.93. The third-order valence-corrected chi connectivity index (χ3v) is 6.01. The lowest BCUT2D eigenvalue weighted by molar-refractivity contribution is -0.131. The normalized spacial score (nSPS) is 25.6. The Bertz CT molecular complexity index is 950. The second-order valence-electron chi connectivity index (χ2n) is 7.78. The molecule has 2 saturated heterocycles. The maximum Gasteiger partial charge on any atom is 0.242 e. The molecule has 0 bridgehead atoms. The minimum Gasteiger partial charge on any atom is -0.508 e. The van der Waals surface area contributed by atoms with E-state index in [2.05, 4.69) is 10.9 Å². The van der Waals surface area contributed by atoms with Gasteiger partial charge in [-0.15, -0.1) is 0 Å². The van der Waals surface area contributed by atoms with Gasteiger partial charge in [0.1, 0.15) is 11.8 Å². The number of phenols is 2. The van der Waals surface area contributed by atoms with Crippen molar-refractivity contribution in [3.8, 4) is 17.2 Å². The second kappa shape index (κ2) is 8.14. The summed E-state index contributed by atoms with van der Waals surface area (Å²) in [5, 5.41) is 20.6. The van der Waals surface area contributed by atoms with Gasteiger partial charge in [0, 0.05) is 25.1 Å². The SMILES string of the molecule is COCCN1C(=O)C2NNC(c3cc(C)ccc3O)C2C1c1ccc(O)c(OC)c1. The first-order valence-corrected chi connectivity index (χ1v) is 9.93. The molecule has 2 aliphatic rings. The summed E-state index contributed by atoms with van der Waals surface area (Å²) in [4.78, 5) is 15.1. The number of hydrogen-bond donors (Lipinski definition) is 4. The molecule has 2 aliphatic heterocycles. The molecule has 0 aromatic heterocycles. The summed E-state index contributed by atoms with van der Waals surface area (Å²) in [7, 11) is 3.10. The van der Waals surface area contributed by atoms with Crippen molar-refractivity contribution in [1.29, 1.82) is 0 Å². The topological polar surface area (TPSA) is 103 Å². The molecular formula is C22H27N3O5. The Kier molecular flexibility index (Phi) is 5.55. The van der Waals surface area contributed by atoms with Gasteiger partial charge in [0.05, 0.1) is 25.8 Å². The van der Waals surface area contributed by atoms with Crippen LogP contribution in [0.25, 0.3) is 0 Å². The number of phenolic OH excluding ortho intramolecular Hbond substituents is 2. The van der Waals surface area contributed by atoms with Gasteiger partial charge in [-0.2, -0.15) is 0 Å². The molecule has 0 spiro atoms. The van der Waals surface area contributed by atoms with E-state index in [0.29, 0.717) is 18.9 Å².